The molecule has 3 N–H and O–H groups in total. The maximum absolute atomic E-state index is 12.9. The van der Waals surface area contributed by atoms with E-state index in [1.54, 1.807) is 93.6 Å². The van der Waals surface area contributed by atoms with Gasteiger partial charge in [-0.1, -0.05) is 72.8 Å². The number of aromatic nitrogens is 6. The fourth-order valence-electron chi connectivity index (χ4n) is 9.81. The number of carbonyl (C=O) groups is 8. The van der Waals surface area contributed by atoms with E-state index in [0.29, 0.717) is 74.1 Å². The van der Waals surface area contributed by atoms with Crippen molar-refractivity contribution in [3.05, 3.63) is 338 Å². The lowest BCUT2D eigenvalue weighted by molar-refractivity contribution is -0.149. The third-order valence-electron chi connectivity index (χ3n) is 15.8. The van der Waals surface area contributed by atoms with Gasteiger partial charge in [-0.15, -0.1) is 0 Å². The van der Waals surface area contributed by atoms with Gasteiger partial charge in [-0.3, -0.25) is 28.8 Å². The Morgan fingerprint density at radius 3 is 1.09 bits per heavy atom. The monoisotopic (exact) mass is 1600 g/mol. The Labute approximate surface area is 655 Å². The molecule has 12 aromatic rings. The number of aliphatic hydroxyl groups excluding tert-OH is 2. The number of carboxylic acids is 1. The average Bonchev–Trinajstić information content (AvgIpc) is 1.65. The fourth-order valence-corrected chi connectivity index (χ4v) is 9.81. The van der Waals surface area contributed by atoms with Gasteiger partial charge in [0, 0.05) is 64.6 Å². The Kier molecular flexibility index (Phi) is 31.8. The van der Waals surface area contributed by atoms with Crippen LogP contribution in [-0.2, 0) is 67.2 Å². The number of rotatable bonds is 24. The van der Waals surface area contributed by atoms with Gasteiger partial charge >= 0.3 is 23.8 Å². The normalized spacial score (nSPS) is 11.5. The van der Waals surface area contributed by atoms with Crippen LogP contribution in [0.25, 0.3) is 5.76 Å². The second kappa shape index (κ2) is 42.3. The zero-order chi connectivity index (χ0) is 84.1. The number of ketones is 3. The molecule has 116 heavy (non-hydrogen) atoms. The standard InChI is InChI=1S/C18H17FN2O4.C15H12FNO5.C13H13FN2O3.C13H12FNO3.C12H10FNO2.C11H8FNO3/c1-10(2)21-9-13(17(23)18(21)24)16(22)14-8-20-15(25-14)7-11-3-5-12(19)6-4-11;1-21-15(20)12(19)7-11(18)13-8-17-14(22-13)6-9-2-4-10(16)5-3-9;1-16(18-2)13(17)11-8-15-12(19-11)7-9-3-5-10(14)6-4-9;1-2-17-13(16)11-8-15-12(18-11)7-9-3-5-10(14)6-4-9;1-8(15)11-7-14-12(16-11)6-9-2-4-10(13)5-3-9;12-8-3-1-7(2-4-8)5-10-13-6-9(16-10)11(14)15/h3-6,8,10,23H,7,9H2,1-2H3;2-5,7-8,18H,6H2,1H3;3-6,8H,7H2,1-2H3;3-6,8H,2,7H2,1H3;2-5,7H,6H2,1H3;1-4,6H,5H2,(H,14,15). The molecule has 602 valence electrons. The van der Waals surface area contributed by atoms with Gasteiger partial charge in [0.05, 0.1) is 70.1 Å². The minimum Gasteiger partial charge on any atom is -0.504 e. The van der Waals surface area contributed by atoms with E-state index in [0.717, 1.165) is 51.8 Å². The highest BCUT2D eigenvalue weighted by Crippen LogP contribution is 2.25. The molecule has 28 nitrogen and oxygen atoms in total. The van der Waals surface area contributed by atoms with E-state index < -0.39 is 52.8 Å². The number of ether oxygens (including phenoxy) is 2. The number of hydroxylamine groups is 2. The number of aliphatic hydroxyl groups is 2. The third kappa shape index (κ3) is 26.6. The lowest BCUT2D eigenvalue weighted by Crippen LogP contribution is -2.34. The second-order valence-corrected chi connectivity index (χ2v) is 24.7. The Bertz CT molecular complexity index is 5290. The van der Waals surface area contributed by atoms with Gasteiger partial charge in [0.1, 0.15) is 34.9 Å². The summed E-state index contributed by atoms with van der Waals surface area (Å²) >= 11 is 0. The van der Waals surface area contributed by atoms with Crippen LogP contribution in [0, 0.1) is 34.9 Å². The van der Waals surface area contributed by atoms with E-state index >= 15 is 0 Å². The number of hydrogen-bond acceptors (Lipinski definition) is 25. The van der Waals surface area contributed by atoms with E-state index in [4.69, 9.17) is 41.2 Å². The van der Waals surface area contributed by atoms with E-state index in [1.807, 2.05) is 0 Å². The lowest BCUT2D eigenvalue weighted by atomic mass is 10.1. The van der Waals surface area contributed by atoms with Crippen LogP contribution in [0.1, 0.15) is 155 Å². The molecule has 2 amide bonds. The van der Waals surface area contributed by atoms with Crippen LogP contribution in [0.2, 0.25) is 0 Å². The zero-order valence-corrected chi connectivity index (χ0v) is 62.8. The summed E-state index contributed by atoms with van der Waals surface area (Å²) in [5, 5.41) is 29.3. The van der Waals surface area contributed by atoms with Gasteiger partial charge in [0.2, 0.25) is 23.1 Å². The Hall–Kier alpha value is -14.4. The topological polar surface area (TPSA) is 388 Å². The molecule has 7 heterocycles. The second-order valence-electron chi connectivity index (χ2n) is 24.7. The number of carbonyl (C=O) groups excluding carboxylic acids is 7. The van der Waals surface area contributed by atoms with Crippen LogP contribution < -0.4 is 0 Å². The van der Waals surface area contributed by atoms with Gasteiger partial charge in [0.15, 0.2) is 69.9 Å². The number of halogens is 6. The van der Waals surface area contributed by atoms with Crippen LogP contribution in [0.3, 0.4) is 0 Å². The Morgan fingerprint density at radius 2 is 0.776 bits per heavy atom. The van der Waals surface area contributed by atoms with Crippen molar-refractivity contribution in [2.45, 2.75) is 72.3 Å². The summed E-state index contributed by atoms with van der Waals surface area (Å²) in [6.45, 7) is 7.06. The van der Waals surface area contributed by atoms with E-state index in [2.05, 4.69) is 34.6 Å². The predicted octanol–water partition coefficient (Wildman–Crippen LogP) is 14.0. The Balaban J connectivity index is 0.000000175. The molecule has 6 aromatic heterocycles. The molecule has 1 aliphatic heterocycles. The Morgan fingerprint density at radius 1 is 0.474 bits per heavy atom. The highest BCUT2D eigenvalue weighted by Gasteiger charge is 2.37. The average molecular weight is 1600 g/mol. The number of Topliss-reactive ketones (excluding diaryl/α,β-unsaturated/α-hetero) is 2. The molecular weight excluding hydrogens is 1530 g/mol. The molecular formula is C82H72F6N8O20. The quantitative estimate of drug-likeness (QED) is 0.00962. The van der Waals surface area contributed by atoms with Crippen molar-refractivity contribution in [1.29, 1.82) is 0 Å². The van der Waals surface area contributed by atoms with Gasteiger partial charge in [-0.25, -0.2) is 75.7 Å². The first-order valence-electron chi connectivity index (χ1n) is 34.6. The number of hydrogen-bond donors (Lipinski definition) is 3. The van der Waals surface area contributed by atoms with Crippen molar-refractivity contribution < 1.29 is 121 Å². The summed E-state index contributed by atoms with van der Waals surface area (Å²) in [7, 11) is 3.92. The van der Waals surface area contributed by atoms with E-state index in [9.17, 15) is 74.9 Å². The summed E-state index contributed by atoms with van der Waals surface area (Å²) in [6.07, 6.45) is 10.6. The number of aromatic carboxylic acids is 1. The zero-order valence-electron chi connectivity index (χ0n) is 62.8. The molecule has 0 radical (unpaired) electrons. The van der Waals surface area contributed by atoms with Crippen molar-refractivity contribution >= 4 is 52.8 Å². The predicted molar refractivity (Wildman–Crippen MR) is 395 cm³/mol. The summed E-state index contributed by atoms with van der Waals surface area (Å²) in [4.78, 5) is 121. The number of benzene rings is 6. The number of nitrogens with zero attached hydrogens (tertiary/aromatic N) is 8. The van der Waals surface area contributed by atoms with Crippen molar-refractivity contribution in [3.8, 4) is 0 Å². The molecule has 0 fully saturated rings. The van der Waals surface area contributed by atoms with Gasteiger partial charge < -0.3 is 56.2 Å². The number of oxazole rings is 6. The molecule has 1 aliphatic rings. The summed E-state index contributed by atoms with van der Waals surface area (Å²) in [5.74, 6) is -6.24. The van der Waals surface area contributed by atoms with Crippen molar-refractivity contribution in [2.24, 2.45) is 0 Å². The number of carboxylic acid groups (broad SMARTS) is 1. The minimum absolute atomic E-state index is 0.00295. The molecule has 0 saturated heterocycles. The molecule has 34 heteroatoms. The number of amides is 2. The number of methoxy groups -OCH3 is 1. The summed E-state index contributed by atoms with van der Waals surface area (Å²) in [5.41, 5.74) is 4.95. The largest absolute Gasteiger partial charge is 0.504 e. The molecule has 0 saturated carbocycles. The lowest BCUT2D eigenvalue weighted by Gasteiger charge is -2.20. The third-order valence-corrected chi connectivity index (χ3v) is 15.8. The van der Waals surface area contributed by atoms with Gasteiger partial charge in [0.25, 0.3) is 11.7 Å². The fraction of sp³-hybridized carbons (Fsp3) is 0.195. The van der Waals surface area contributed by atoms with E-state index in [1.165, 1.54) is 130 Å². The summed E-state index contributed by atoms with van der Waals surface area (Å²) in [6, 6.07) is 35.5. The first-order chi connectivity index (χ1) is 55.4. The maximum atomic E-state index is 12.9. The molecule has 13 rings (SSSR count). The molecule has 0 bridgehead atoms. The minimum atomic E-state index is -1.15. The van der Waals surface area contributed by atoms with Gasteiger partial charge in [-0.05, 0) is 127 Å². The molecule has 6 aromatic carbocycles. The van der Waals surface area contributed by atoms with Crippen molar-refractivity contribution in [2.75, 3.05) is 34.4 Å². The van der Waals surface area contributed by atoms with Crippen LogP contribution in [-0.4, -0.2) is 143 Å². The van der Waals surface area contributed by atoms with Crippen molar-refractivity contribution in [1.82, 2.24) is 39.9 Å². The first kappa shape index (κ1) is 87.1. The highest BCUT2D eigenvalue weighted by atomic mass is 19.1. The van der Waals surface area contributed by atoms with Gasteiger partial charge in [-0.2, -0.15) is 0 Å². The molecule has 0 spiro atoms. The smallest absolute Gasteiger partial charge is 0.378 e. The highest BCUT2D eigenvalue weighted by molar-refractivity contribution is 6.39. The maximum Gasteiger partial charge on any atom is 0.378 e. The summed E-state index contributed by atoms with van der Waals surface area (Å²) < 4.78 is 117. The molecule has 0 aliphatic carbocycles. The molecule has 0 unspecified atom stereocenters. The van der Waals surface area contributed by atoms with Crippen LogP contribution >= 0.6 is 0 Å². The first-order valence-corrected chi connectivity index (χ1v) is 34.6. The van der Waals surface area contributed by atoms with Crippen LogP contribution in [0.5, 0.6) is 0 Å². The SMILES string of the molecule is CC(=O)c1cnc(Cc2ccc(F)cc2)o1.CC(C)N1CC(C(=O)c2cnc(Cc3ccc(F)cc3)o2)=C(O)C1=O.CCOC(=O)c1cnc(Cc2ccc(F)cc2)o1.COC(=O)C(=O)C=C(O)c1cnc(Cc2ccc(F)cc2)o1.CON(C)C(=O)c1cnc(Cc2ccc(F)cc2)o1.O=C(O)c1cnc(Cc2ccc(F)cc2)o1. The van der Waals surface area contributed by atoms with Crippen LogP contribution in [0.15, 0.2) is 227 Å². The van der Waals surface area contributed by atoms with Crippen molar-refractivity contribution in [3.63, 3.8) is 0 Å². The number of esters is 2. The van der Waals surface area contributed by atoms with Crippen LogP contribution in [0.4, 0.5) is 26.3 Å². The van der Waals surface area contributed by atoms with E-state index in [-0.39, 0.29) is 106 Å². The molecule has 0 atom stereocenters.